The number of fused-ring (bicyclic) bond motifs is 1. The summed E-state index contributed by atoms with van der Waals surface area (Å²) < 4.78 is 13.0. The number of aromatic nitrogens is 3. The first-order valence-electron chi connectivity index (χ1n) is 10.2. The fourth-order valence-corrected chi connectivity index (χ4v) is 3.87. The van der Waals surface area contributed by atoms with Crippen molar-refractivity contribution in [2.75, 3.05) is 25.5 Å². The molecule has 2 N–H and O–H groups in total. The Balaban J connectivity index is 1.41. The number of carbonyl (C=O) groups excluding carboxylic acids is 1. The summed E-state index contributed by atoms with van der Waals surface area (Å²) >= 11 is 0. The highest BCUT2D eigenvalue weighted by Crippen LogP contribution is 2.31. The number of aryl methyl sites for hydroxylation is 1. The maximum Gasteiger partial charge on any atom is 0.277 e. The second-order valence-electron chi connectivity index (χ2n) is 7.73. The van der Waals surface area contributed by atoms with Crippen LogP contribution in [0.3, 0.4) is 0 Å². The SMILES string of the molecule is COc1cc2nn(C3CCNC3)cc2cc1NC(=O)c1coc(-c2cccc(C)c2)n1. The van der Waals surface area contributed by atoms with Gasteiger partial charge >= 0.3 is 0 Å². The highest BCUT2D eigenvalue weighted by molar-refractivity contribution is 6.05. The number of ether oxygens (including phenoxy) is 1. The van der Waals surface area contributed by atoms with E-state index in [0.29, 0.717) is 23.4 Å². The zero-order chi connectivity index (χ0) is 21.4. The molecule has 1 unspecified atom stereocenters. The Morgan fingerprint density at radius 2 is 2.23 bits per heavy atom. The van der Waals surface area contributed by atoms with Crippen LogP contribution in [0.2, 0.25) is 0 Å². The van der Waals surface area contributed by atoms with Crippen LogP contribution >= 0.6 is 0 Å². The molecule has 1 atom stereocenters. The molecule has 0 bridgehead atoms. The number of carbonyl (C=O) groups is 1. The summed E-state index contributed by atoms with van der Waals surface area (Å²) in [5.74, 6) is 0.577. The molecule has 0 aliphatic carbocycles. The summed E-state index contributed by atoms with van der Waals surface area (Å²) in [4.78, 5) is 17.2. The molecule has 8 nitrogen and oxygen atoms in total. The molecule has 1 aliphatic rings. The molecule has 1 aliphatic heterocycles. The number of amides is 1. The third-order valence-corrected chi connectivity index (χ3v) is 5.50. The average molecular weight is 417 g/mol. The van der Waals surface area contributed by atoms with Gasteiger partial charge in [0.2, 0.25) is 5.89 Å². The van der Waals surface area contributed by atoms with E-state index < -0.39 is 0 Å². The molecule has 8 heteroatoms. The molecule has 0 spiro atoms. The monoisotopic (exact) mass is 417 g/mol. The minimum absolute atomic E-state index is 0.200. The molecule has 1 fully saturated rings. The van der Waals surface area contributed by atoms with Crippen molar-refractivity contribution < 1.29 is 13.9 Å². The predicted molar refractivity (Wildman–Crippen MR) is 117 cm³/mol. The summed E-state index contributed by atoms with van der Waals surface area (Å²) in [6.07, 6.45) is 4.42. The molecule has 1 amide bonds. The number of methoxy groups -OCH3 is 1. The molecule has 5 rings (SSSR count). The highest BCUT2D eigenvalue weighted by Gasteiger charge is 2.20. The number of nitrogens with zero attached hydrogens (tertiary/aromatic N) is 3. The van der Waals surface area contributed by atoms with Gasteiger partial charge in [-0.3, -0.25) is 9.48 Å². The fourth-order valence-electron chi connectivity index (χ4n) is 3.87. The van der Waals surface area contributed by atoms with E-state index in [2.05, 4.69) is 20.7 Å². The van der Waals surface area contributed by atoms with Crippen LogP contribution in [0.5, 0.6) is 5.75 Å². The molecule has 0 saturated carbocycles. The first-order valence-corrected chi connectivity index (χ1v) is 10.2. The number of hydrogen-bond acceptors (Lipinski definition) is 6. The van der Waals surface area contributed by atoms with Crippen molar-refractivity contribution in [3.8, 4) is 17.2 Å². The van der Waals surface area contributed by atoms with Gasteiger partial charge in [0.25, 0.3) is 5.91 Å². The van der Waals surface area contributed by atoms with E-state index in [1.807, 2.05) is 54.2 Å². The number of anilines is 1. The van der Waals surface area contributed by atoms with Gasteiger partial charge < -0.3 is 19.8 Å². The molecular weight excluding hydrogens is 394 g/mol. The predicted octanol–water partition coefficient (Wildman–Crippen LogP) is 3.80. The number of hydrogen-bond donors (Lipinski definition) is 2. The van der Waals surface area contributed by atoms with Crippen LogP contribution in [0.15, 0.2) is 53.3 Å². The minimum atomic E-state index is -0.368. The van der Waals surface area contributed by atoms with Gasteiger partial charge in [0.05, 0.1) is 24.4 Å². The molecule has 31 heavy (non-hydrogen) atoms. The summed E-state index contributed by atoms with van der Waals surface area (Å²) in [5.41, 5.74) is 3.50. The Labute approximate surface area is 179 Å². The summed E-state index contributed by atoms with van der Waals surface area (Å²) in [6, 6.07) is 11.8. The second-order valence-corrected chi connectivity index (χ2v) is 7.73. The van der Waals surface area contributed by atoms with Crippen LogP contribution in [0.1, 0.15) is 28.5 Å². The Bertz CT molecular complexity index is 1250. The van der Waals surface area contributed by atoms with Crippen molar-refractivity contribution in [1.29, 1.82) is 0 Å². The van der Waals surface area contributed by atoms with Gasteiger partial charge in [-0.1, -0.05) is 17.7 Å². The molecule has 0 radical (unpaired) electrons. The lowest BCUT2D eigenvalue weighted by Crippen LogP contribution is -2.13. The topological polar surface area (TPSA) is 94.2 Å². The lowest BCUT2D eigenvalue weighted by molar-refractivity contribution is 0.102. The van der Waals surface area contributed by atoms with Crippen LogP contribution in [-0.4, -0.2) is 40.9 Å². The van der Waals surface area contributed by atoms with E-state index in [4.69, 9.17) is 9.15 Å². The number of nitrogens with one attached hydrogen (secondary N) is 2. The van der Waals surface area contributed by atoms with Crippen molar-refractivity contribution in [2.45, 2.75) is 19.4 Å². The zero-order valence-corrected chi connectivity index (χ0v) is 17.4. The van der Waals surface area contributed by atoms with E-state index in [-0.39, 0.29) is 11.6 Å². The van der Waals surface area contributed by atoms with Crippen molar-refractivity contribution in [3.63, 3.8) is 0 Å². The van der Waals surface area contributed by atoms with Crippen LogP contribution in [0.4, 0.5) is 5.69 Å². The summed E-state index contributed by atoms with van der Waals surface area (Å²) in [7, 11) is 1.57. The third-order valence-electron chi connectivity index (χ3n) is 5.50. The van der Waals surface area contributed by atoms with Crippen molar-refractivity contribution >= 4 is 22.5 Å². The van der Waals surface area contributed by atoms with E-state index >= 15 is 0 Å². The first-order chi connectivity index (χ1) is 15.1. The Kier molecular flexibility index (Phi) is 4.91. The largest absolute Gasteiger partial charge is 0.494 e. The van der Waals surface area contributed by atoms with Crippen molar-refractivity contribution in [2.24, 2.45) is 0 Å². The first kappa shape index (κ1) is 19.3. The smallest absolute Gasteiger partial charge is 0.277 e. The van der Waals surface area contributed by atoms with Crippen LogP contribution in [0, 0.1) is 6.92 Å². The van der Waals surface area contributed by atoms with Gasteiger partial charge in [-0.2, -0.15) is 5.10 Å². The second kappa shape index (κ2) is 7.88. The van der Waals surface area contributed by atoms with Gasteiger partial charge in [-0.15, -0.1) is 0 Å². The van der Waals surface area contributed by atoms with Crippen molar-refractivity contribution in [3.05, 3.63) is 60.1 Å². The molecule has 1 saturated heterocycles. The van der Waals surface area contributed by atoms with Gasteiger partial charge in [0, 0.05) is 29.8 Å². The summed E-state index contributed by atoms with van der Waals surface area (Å²) in [6.45, 7) is 3.89. The minimum Gasteiger partial charge on any atom is -0.494 e. The van der Waals surface area contributed by atoms with Crippen LogP contribution in [0.25, 0.3) is 22.4 Å². The van der Waals surface area contributed by atoms with Crippen molar-refractivity contribution in [1.82, 2.24) is 20.1 Å². The zero-order valence-electron chi connectivity index (χ0n) is 17.4. The van der Waals surface area contributed by atoms with Gasteiger partial charge in [0.1, 0.15) is 12.0 Å². The quantitative estimate of drug-likeness (QED) is 0.513. The van der Waals surface area contributed by atoms with E-state index in [0.717, 1.165) is 41.5 Å². The lowest BCUT2D eigenvalue weighted by atomic mass is 10.1. The van der Waals surface area contributed by atoms with Gasteiger partial charge in [0.15, 0.2) is 5.69 Å². The third kappa shape index (κ3) is 3.77. The molecule has 4 aromatic rings. The maximum absolute atomic E-state index is 12.8. The van der Waals surface area contributed by atoms with E-state index in [1.165, 1.54) is 6.26 Å². The number of oxazole rings is 1. The molecular formula is C23H23N5O3. The van der Waals surface area contributed by atoms with Gasteiger partial charge in [-0.25, -0.2) is 4.98 Å². The molecule has 158 valence electrons. The Morgan fingerprint density at radius 3 is 3.00 bits per heavy atom. The van der Waals surface area contributed by atoms with E-state index in [1.54, 1.807) is 7.11 Å². The van der Waals surface area contributed by atoms with E-state index in [9.17, 15) is 4.79 Å². The lowest BCUT2D eigenvalue weighted by Gasteiger charge is -2.09. The number of benzene rings is 2. The highest BCUT2D eigenvalue weighted by atomic mass is 16.5. The molecule has 3 heterocycles. The standard InChI is InChI=1S/C23H23N5O3/c1-14-4-3-5-15(8-14)23-26-20(13-31-23)22(29)25-19-9-16-12-28(17-6-7-24-11-17)27-18(16)10-21(19)30-2/h3-5,8-10,12-13,17,24H,6-7,11H2,1-2H3,(H,25,29). The van der Waals surface area contributed by atoms with Gasteiger partial charge in [-0.05, 0) is 38.1 Å². The molecule has 2 aromatic carbocycles. The Hall–Kier alpha value is -3.65. The number of rotatable bonds is 5. The Morgan fingerprint density at radius 1 is 1.32 bits per heavy atom. The van der Waals surface area contributed by atoms with Crippen LogP contribution < -0.4 is 15.4 Å². The fraction of sp³-hybridized carbons (Fsp3) is 0.261. The normalized spacial score (nSPS) is 16.0. The maximum atomic E-state index is 12.8. The molecule has 2 aromatic heterocycles. The summed E-state index contributed by atoms with van der Waals surface area (Å²) in [5, 5.41) is 11.9. The average Bonchev–Trinajstić information content (AvgIpc) is 3.53. The van der Waals surface area contributed by atoms with Crippen LogP contribution in [-0.2, 0) is 0 Å².